The molecule has 2 aromatic rings. The summed E-state index contributed by atoms with van der Waals surface area (Å²) in [6.07, 6.45) is 8.92. The second-order valence-electron chi connectivity index (χ2n) is 6.02. The summed E-state index contributed by atoms with van der Waals surface area (Å²) in [6.45, 7) is 0. The first-order valence-corrected chi connectivity index (χ1v) is 8.12. The lowest BCUT2D eigenvalue weighted by molar-refractivity contribution is 0.461. The van der Waals surface area contributed by atoms with Crippen LogP contribution in [0.2, 0.25) is 5.02 Å². The van der Waals surface area contributed by atoms with Crippen LogP contribution in [0.5, 0.6) is 0 Å². The summed E-state index contributed by atoms with van der Waals surface area (Å²) in [5.41, 5.74) is 8.54. The molecule has 112 valence electrons. The van der Waals surface area contributed by atoms with E-state index in [4.69, 9.17) is 22.4 Å². The van der Waals surface area contributed by atoms with E-state index in [2.05, 4.69) is 23.0 Å². The maximum atomic E-state index is 6.26. The van der Waals surface area contributed by atoms with Crippen molar-refractivity contribution in [2.75, 3.05) is 0 Å². The van der Waals surface area contributed by atoms with Gasteiger partial charge >= 0.3 is 0 Å². The molecule has 0 aliphatic heterocycles. The van der Waals surface area contributed by atoms with Crippen LogP contribution in [-0.4, -0.2) is 15.8 Å². The van der Waals surface area contributed by atoms with Crippen molar-refractivity contribution in [2.24, 2.45) is 5.73 Å². The number of nitrogens with two attached hydrogens (primary N) is 1. The van der Waals surface area contributed by atoms with E-state index in [1.165, 1.54) is 31.2 Å². The third-order valence-corrected chi connectivity index (χ3v) is 4.46. The highest BCUT2D eigenvalue weighted by molar-refractivity contribution is 6.30. The number of hydrogen-bond donors (Lipinski definition) is 1. The molecular formula is C17H22ClN3. The Morgan fingerprint density at radius 1 is 1.24 bits per heavy atom. The first-order valence-electron chi connectivity index (χ1n) is 7.75. The van der Waals surface area contributed by atoms with Gasteiger partial charge in [-0.3, -0.25) is 4.68 Å². The molecule has 1 aliphatic carbocycles. The van der Waals surface area contributed by atoms with E-state index in [1.54, 1.807) is 0 Å². The van der Waals surface area contributed by atoms with Gasteiger partial charge in [0.2, 0.25) is 0 Å². The van der Waals surface area contributed by atoms with Crippen LogP contribution in [-0.2, 0) is 12.8 Å². The van der Waals surface area contributed by atoms with Gasteiger partial charge in [-0.05, 0) is 43.0 Å². The predicted molar refractivity (Wildman–Crippen MR) is 86.6 cm³/mol. The summed E-state index contributed by atoms with van der Waals surface area (Å²) in [5, 5.41) is 5.47. The molecule has 1 aromatic heterocycles. The van der Waals surface area contributed by atoms with Crippen LogP contribution in [0.25, 0.3) is 0 Å². The van der Waals surface area contributed by atoms with Crippen molar-refractivity contribution in [1.29, 1.82) is 0 Å². The van der Waals surface area contributed by atoms with Crippen LogP contribution in [0.4, 0.5) is 0 Å². The number of rotatable bonds is 5. The lowest BCUT2D eigenvalue weighted by atomic mass is 10.0. The first-order chi connectivity index (χ1) is 10.2. The lowest BCUT2D eigenvalue weighted by Crippen LogP contribution is -2.25. The Balaban J connectivity index is 1.58. The van der Waals surface area contributed by atoms with E-state index in [0.29, 0.717) is 6.04 Å². The minimum Gasteiger partial charge on any atom is -0.327 e. The zero-order chi connectivity index (χ0) is 14.7. The van der Waals surface area contributed by atoms with E-state index in [-0.39, 0.29) is 6.04 Å². The third-order valence-electron chi connectivity index (χ3n) is 4.22. The number of halogens is 1. The highest BCUT2D eigenvalue weighted by Gasteiger charge is 2.18. The molecular weight excluding hydrogens is 282 g/mol. The molecule has 1 saturated carbocycles. The summed E-state index contributed by atoms with van der Waals surface area (Å²) in [4.78, 5) is 0. The van der Waals surface area contributed by atoms with Crippen LogP contribution in [0.15, 0.2) is 36.5 Å². The second kappa shape index (κ2) is 6.63. The molecule has 0 radical (unpaired) electrons. The SMILES string of the molecule is NC(Cc1cccc(Cl)c1)Cc1ccn(C2CCCC2)n1. The number of aromatic nitrogens is 2. The summed E-state index contributed by atoms with van der Waals surface area (Å²) in [7, 11) is 0. The zero-order valence-corrected chi connectivity index (χ0v) is 13.0. The number of hydrogen-bond acceptors (Lipinski definition) is 2. The highest BCUT2D eigenvalue weighted by atomic mass is 35.5. The Morgan fingerprint density at radius 3 is 2.81 bits per heavy atom. The average molecular weight is 304 g/mol. The van der Waals surface area contributed by atoms with Crippen molar-refractivity contribution >= 4 is 11.6 Å². The molecule has 4 heteroatoms. The van der Waals surface area contributed by atoms with Crippen LogP contribution in [0.3, 0.4) is 0 Å². The Labute approximate surface area is 131 Å². The molecule has 1 heterocycles. The molecule has 0 amide bonds. The van der Waals surface area contributed by atoms with Gasteiger partial charge < -0.3 is 5.73 Å². The van der Waals surface area contributed by atoms with Gasteiger partial charge in [-0.2, -0.15) is 5.10 Å². The fourth-order valence-electron chi connectivity index (χ4n) is 3.17. The molecule has 1 unspecified atom stereocenters. The monoisotopic (exact) mass is 303 g/mol. The van der Waals surface area contributed by atoms with Crippen molar-refractivity contribution in [3.63, 3.8) is 0 Å². The van der Waals surface area contributed by atoms with Gasteiger partial charge in [-0.1, -0.05) is 36.6 Å². The topological polar surface area (TPSA) is 43.8 Å². The Kier molecular flexibility index (Phi) is 4.61. The van der Waals surface area contributed by atoms with Crippen LogP contribution < -0.4 is 5.73 Å². The smallest absolute Gasteiger partial charge is 0.0640 e. The zero-order valence-electron chi connectivity index (χ0n) is 12.2. The standard InChI is InChI=1S/C17H22ClN3/c18-14-5-3-4-13(10-14)11-15(19)12-16-8-9-21(20-16)17-6-1-2-7-17/h3-5,8-10,15,17H,1-2,6-7,11-12,19H2. The third kappa shape index (κ3) is 3.86. The predicted octanol–water partition coefficient (Wildman–Crippen LogP) is 3.76. The molecule has 2 N–H and O–H groups in total. The van der Waals surface area contributed by atoms with Gasteiger partial charge in [0, 0.05) is 23.7 Å². The fourth-order valence-corrected chi connectivity index (χ4v) is 3.38. The summed E-state index contributed by atoms with van der Waals surface area (Å²) < 4.78 is 2.13. The van der Waals surface area contributed by atoms with E-state index in [0.717, 1.165) is 23.6 Å². The highest BCUT2D eigenvalue weighted by Crippen LogP contribution is 2.28. The molecule has 1 atom stereocenters. The Bertz CT molecular complexity index is 587. The molecule has 3 rings (SSSR count). The van der Waals surface area contributed by atoms with Crippen molar-refractivity contribution in [2.45, 2.75) is 50.6 Å². The molecule has 0 bridgehead atoms. The van der Waals surface area contributed by atoms with E-state index in [9.17, 15) is 0 Å². The van der Waals surface area contributed by atoms with Gasteiger partial charge in [0.05, 0.1) is 11.7 Å². The molecule has 0 saturated heterocycles. The molecule has 3 nitrogen and oxygen atoms in total. The van der Waals surface area contributed by atoms with Crippen molar-refractivity contribution in [3.8, 4) is 0 Å². The largest absolute Gasteiger partial charge is 0.327 e. The van der Waals surface area contributed by atoms with Gasteiger partial charge in [-0.15, -0.1) is 0 Å². The van der Waals surface area contributed by atoms with E-state index < -0.39 is 0 Å². The molecule has 21 heavy (non-hydrogen) atoms. The Hall–Kier alpha value is -1.32. The number of nitrogens with zero attached hydrogens (tertiary/aromatic N) is 2. The van der Waals surface area contributed by atoms with Crippen LogP contribution in [0.1, 0.15) is 43.0 Å². The lowest BCUT2D eigenvalue weighted by Gasteiger charge is -2.11. The fraction of sp³-hybridized carbons (Fsp3) is 0.471. The molecule has 0 spiro atoms. The maximum absolute atomic E-state index is 6.26. The average Bonchev–Trinajstić information content (AvgIpc) is 3.08. The summed E-state index contributed by atoms with van der Waals surface area (Å²) >= 11 is 6.01. The molecule has 1 fully saturated rings. The normalized spacial score (nSPS) is 17.2. The minimum atomic E-state index is 0.0791. The maximum Gasteiger partial charge on any atom is 0.0640 e. The van der Waals surface area contributed by atoms with E-state index in [1.807, 2.05) is 18.2 Å². The Morgan fingerprint density at radius 2 is 2.05 bits per heavy atom. The van der Waals surface area contributed by atoms with Crippen molar-refractivity contribution in [3.05, 3.63) is 52.8 Å². The molecule has 1 aliphatic rings. The first kappa shape index (κ1) is 14.6. The summed E-state index contributed by atoms with van der Waals surface area (Å²) in [6, 6.07) is 10.7. The van der Waals surface area contributed by atoms with Crippen LogP contribution in [0, 0.1) is 0 Å². The van der Waals surface area contributed by atoms with Crippen LogP contribution >= 0.6 is 11.6 Å². The van der Waals surface area contributed by atoms with Crippen molar-refractivity contribution < 1.29 is 0 Å². The van der Waals surface area contributed by atoms with Gasteiger partial charge in [0.1, 0.15) is 0 Å². The quantitative estimate of drug-likeness (QED) is 0.914. The number of benzene rings is 1. The second-order valence-corrected chi connectivity index (χ2v) is 6.46. The molecule has 1 aromatic carbocycles. The van der Waals surface area contributed by atoms with Crippen molar-refractivity contribution in [1.82, 2.24) is 9.78 Å². The summed E-state index contributed by atoms with van der Waals surface area (Å²) in [5.74, 6) is 0. The van der Waals surface area contributed by atoms with E-state index >= 15 is 0 Å². The van der Waals surface area contributed by atoms with Gasteiger partial charge in [0.25, 0.3) is 0 Å². The van der Waals surface area contributed by atoms with Gasteiger partial charge in [0.15, 0.2) is 0 Å². The van der Waals surface area contributed by atoms with Gasteiger partial charge in [-0.25, -0.2) is 0 Å². The minimum absolute atomic E-state index is 0.0791.